The minimum Gasteiger partial charge on any atom is -0.370 e. The van der Waals surface area contributed by atoms with Crippen molar-refractivity contribution in [1.29, 1.82) is 0 Å². The largest absolute Gasteiger partial charge is 0.370 e. The molecule has 3 aromatic heterocycles. The average molecular weight is 324 g/mol. The number of aromatic nitrogens is 5. The number of hydrogen-bond donors (Lipinski definition) is 0. The molecule has 7 heteroatoms. The SMILES string of the molecule is Cc1cc(N2CCCC(OCc3ccccn3)C2)c2nncn2n1. The van der Waals surface area contributed by atoms with Crippen molar-refractivity contribution in [1.82, 2.24) is 24.8 Å². The van der Waals surface area contributed by atoms with Gasteiger partial charge in [0.25, 0.3) is 0 Å². The van der Waals surface area contributed by atoms with Gasteiger partial charge in [-0.25, -0.2) is 0 Å². The van der Waals surface area contributed by atoms with E-state index in [1.165, 1.54) is 0 Å². The van der Waals surface area contributed by atoms with Gasteiger partial charge in [0.15, 0.2) is 0 Å². The summed E-state index contributed by atoms with van der Waals surface area (Å²) in [6, 6.07) is 7.97. The van der Waals surface area contributed by atoms with Gasteiger partial charge in [-0.05, 0) is 38.0 Å². The van der Waals surface area contributed by atoms with Gasteiger partial charge < -0.3 is 9.64 Å². The number of fused-ring (bicyclic) bond motifs is 1. The Kier molecular flexibility index (Phi) is 4.08. The summed E-state index contributed by atoms with van der Waals surface area (Å²) in [7, 11) is 0. The maximum atomic E-state index is 6.08. The Hall–Kier alpha value is -2.54. The Labute approximate surface area is 140 Å². The van der Waals surface area contributed by atoms with E-state index >= 15 is 0 Å². The summed E-state index contributed by atoms with van der Waals surface area (Å²) in [5.74, 6) is 0. The van der Waals surface area contributed by atoms with E-state index in [9.17, 15) is 0 Å². The van der Waals surface area contributed by atoms with Crippen molar-refractivity contribution in [2.75, 3.05) is 18.0 Å². The molecule has 1 aliphatic heterocycles. The van der Waals surface area contributed by atoms with Crippen molar-refractivity contribution in [2.24, 2.45) is 0 Å². The van der Waals surface area contributed by atoms with Crippen LogP contribution in [0.5, 0.6) is 0 Å². The second-order valence-electron chi connectivity index (χ2n) is 6.11. The minimum absolute atomic E-state index is 0.192. The van der Waals surface area contributed by atoms with Crippen LogP contribution >= 0.6 is 0 Å². The van der Waals surface area contributed by atoms with Crippen LogP contribution in [0.3, 0.4) is 0 Å². The number of ether oxygens (including phenoxy) is 1. The minimum atomic E-state index is 0.192. The van der Waals surface area contributed by atoms with Crippen molar-refractivity contribution in [3.05, 3.63) is 48.2 Å². The lowest BCUT2D eigenvalue weighted by Gasteiger charge is -2.34. The highest BCUT2D eigenvalue weighted by Gasteiger charge is 2.23. The predicted octanol–water partition coefficient (Wildman–Crippen LogP) is 2.01. The summed E-state index contributed by atoms with van der Waals surface area (Å²) < 4.78 is 7.82. The molecule has 1 atom stereocenters. The summed E-state index contributed by atoms with van der Waals surface area (Å²) >= 11 is 0. The lowest BCUT2D eigenvalue weighted by molar-refractivity contribution is 0.0298. The van der Waals surface area contributed by atoms with Gasteiger partial charge in [-0.3, -0.25) is 4.98 Å². The first-order valence-corrected chi connectivity index (χ1v) is 8.24. The molecule has 1 unspecified atom stereocenters. The Balaban J connectivity index is 1.49. The van der Waals surface area contributed by atoms with Crippen LogP contribution in [0.1, 0.15) is 24.2 Å². The summed E-state index contributed by atoms with van der Waals surface area (Å²) in [6.07, 6.45) is 5.79. The summed E-state index contributed by atoms with van der Waals surface area (Å²) in [6.45, 7) is 4.38. The first kappa shape index (κ1) is 15.0. The standard InChI is InChI=1S/C17H20N6O/c1-13-9-16(17-20-19-12-23(17)21-13)22-8-4-6-15(10-22)24-11-14-5-2-3-7-18-14/h2-3,5,7,9,12,15H,4,6,8,10-11H2,1H3. The quantitative estimate of drug-likeness (QED) is 0.731. The Morgan fingerprint density at radius 3 is 3.17 bits per heavy atom. The molecular formula is C17H20N6O. The van der Waals surface area contributed by atoms with Crippen molar-refractivity contribution >= 4 is 11.3 Å². The normalized spacial score (nSPS) is 18.2. The fourth-order valence-corrected chi connectivity index (χ4v) is 3.15. The molecule has 1 fully saturated rings. The van der Waals surface area contributed by atoms with Crippen LogP contribution in [0.4, 0.5) is 5.69 Å². The third-order valence-electron chi connectivity index (χ3n) is 4.28. The number of anilines is 1. The molecule has 0 N–H and O–H groups in total. The molecule has 0 spiro atoms. The van der Waals surface area contributed by atoms with E-state index in [1.807, 2.05) is 25.1 Å². The number of piperidine rings is 1. The lowest BCUT2D eigenvalue weighted by atomic mass is 10.1. The molecule has 1 aliphatic rings. The molecule has 124 valence electrons. The highest BCUT2D eigenvalue weighted by atomic mass is 16.5. The van der Waals surface area contributed by atoms with Crippen molar-refractivity contribution in [2.45, 2.75) is 32.5 Å². The van der Waals surface area contributed by atoms with Crippen LogP contribution in [0.2, 0.25) is 0 Å². The zero-order valence-corrected chi connectivity index (χ0v) is 13.7. The molecule has 4 rings (SSSR count). The van der Waals surface area contributed by atoms with Crippen LogP contribution in [0.15, 0.2) is 36.8 Å². The molecule has 7 nitrogen and oxygen atoms in total. The fourth-order valence-electron chi connectivity index (χ4n) is 3.15. The number of nitrogens with zero attached hydrogens (tertiary/aromatic N) is 6. The Bertz CT molecular complexity index is 818. The summed E-state index contributed by atoms with van der Waals surface area (Å²) in [5.41, 5.74) is 3.79. The first-order chi connectivity index (χ1) is 11.8. The zero-order valence-electron chi connectivity index (χ0n) is 13.7. The second-order valence-corrected chi connectivity index (χ2v) is 6.11. The smallest absolute Gasteiger partial charge is 0.200 e. The molecule has 0 radical (unpaired) electrons. The number of rotatable bonds is 4. The van der Waals surface area contributed by atoms with E-state index in [4.69, 9.17) is 4.74 Å². The van der Waals surface area contributed by atoms with Crippen molar-refractivity contribution < 1.29 is 4.74 Å². The van der Waals surface area contributed by atoms with Gasteiger partial charge >= 0.3 is 0 Å². The maximum Gasteiger partial charge on any atom is 0.200 e. The van der Waals surface area contributed by atoms with Crippen LogP contribution < -0.4 is 4.90 Å². The number of pyridine rings is 1. The van der Waals surface area contributed by atoms with Crippen molar-refractivity contribution in [3.8, 4) is 0 Å². The molecule has 0 aliphatic carbocycles. The van der Waals surface area contributed by atoms with E-state index in [0.717, 1.165) is 48.7 Å². The molecule has 3 aromatic rings. The average Bonchev–Trinajstić information content (AvgIpc) is 3.08. The first-order valence-electron chi connectivity index (χ1n) is 8.24. The second kappa shape index (κ2) is 6.52. The summed E-state index contributed by atoms with van der Waals surface area (Å²) in [4.78, 5) is 6.64. The van der Waals surface area contributed by atoms with Crippen LogP contribution in [-0.2, 0) is 11.3 Å². The summed E-state index contributed by atoms with van der Waals surface area (Å²) in [5, 5.41) is 12.6. The topological polar surface area (TPSA) is 68.4 Å². The molecule has 0 amide bonds. The maximum absolute atomic E-state index is 6.08. The highest BCUT2D eigenvalue weighted by Crippen LogP contribution is 2.25. The van der Waals surface area contributed by atoms with Gasteiger partial charge in [0.05, 0.1) is 29.8 Å². The van der Waals surface area contributed by atoms with E-state index in [2.05, 4.69) is 31.2 Å². The van der Waals surface area contributed by atoms with Gasteiger partial charge in [-0.1, -0.05) is 6.07 Å². The van der Waals surface area contributed by atoms with E-state index in [-0.39, 0.29) is 6.10 Å². The van der Waals surface area contributed by atoms with Crippen LogP contribution in [0.25, 0.3) is 5.65 Å². The lowest BCUT2D eigenvalue weighted by Crippen LogP contribution is -2.40. The molecular weight excluding hydrogens is 304 g/mol. The van der Waals surface area contributed by atoms with Gasteiger partial charge in [-0.2, -0.15) is 9.61 Å². The van der Waals surface area contributed by atoms with E-state index < -0.39 is 0 Å². The van der Waals surface area contributed by atoms with Crippen LogP contribution in [-0.4, -0.2) is 44.0 Å². The Morgan fingerprint density at radius 1 is 1.33 bits per heavy atom. The van der Waals surface area contributed by atoms with E-state index in [1.54, 1.807) is 17.0 Å². The molecule has 4 heterocycles. The third kappa shape index (κ3) is 3.07. The molecule has 0 bridgehead atoms. The number of aryl methyl sites for hydroxylation is 1. The van der Waals surface area contributed by atoms with Crippen molar-refractivity contribution in [3.63, 3.8) is 0 Å². The van der Waals surface area contributed by atoms with Gasteiger partial charge in [0.2, 0.25) is 5.65 Å². The number of hydrogen-bond acceptors (Lipinski definition) is 6. The predicted molar refractivity (Wildman–Crippen MR) is 89.8 cm³/mol. The van der Waals surface area contributed by atoms with Crippen LogP contribution in [0, 0.1) is 6.92 Å². The van der Waals surface area contributed by atoms with E-state index in [0.29, 0.717) is 6.61 Å². The monoisotopic (exact) mass is 324 g/mol. The molecule has 24 heavy (non-hydrogen) atoms. The van der Waals surface area contributed by atoms with Gasteiger partial charge in [0.1, 0.15) is 6.33 Å². The Morgan fingerprint density at radius 2 is 2.29 bits per heavy atom. The van der Waals surface area contributed by atoms with Gasteiger partial charge in [0, 0.05) is 19.3 Å². The molecule has 0 aromatic carbocycles. The third-order valence-corrected chi connectivity index (χ3v) is 4.28. The fraction of sp³-hybridized carbons (Fsp3) is 0.412. The zero-order chi connectivity index (χ0) is 16.4. The molecule has 1 saturated heterocycles. The molecule has 0 saturated carbocycles. The van der Waals surface area contributed by atoms with Gasteiger partial charge in [-0.15, -0.1) is 10.2 Å². The highest BCUT2D eigenvalue weighted by molar-refractivity contribution is 5.68.